The van der Waals surface area contributed by atoms with Crippen molar-refractivity contribution in [1.29, 1.82) is 0 Å². The van der Waals surface area contributed by atoms with E-state index in [9.17, 15) is 20.0 Å². The van der Waals surface area contributed by atoms with Crippen molar-refractivity contribution in [3.05, 3.63) is 45.1 Å². The standard InChI is InChI=1S/C14H15N3O5S/c1-3-22-13(19)11-7(2)15-14(23)16-12(11)9-6-8(18)4-5-10(9)17(20)21/h4-6,12,18H,3H2,1-2H3,(H2,15,16,23). The van der Waals surface area contributed by atoms with Crippen LogP contribution < -0.4 is 10.6 Å². The molecular weight excluding hydrogens is 322 g/mol. The van der Waals surface area contributed by atoms with Crippen LogP contribution in [0, 0.1) is 10.1 Å². The molecule has 1 aliphatic rings. The number of nitro groups is 1. The zero-order valence-corrected chi connectivity index (χ0v) is 13.3. The van der Waals surface area contributed by atoms with Gasteiger partial charge in [0, 0.05) is 11.8 Å². The zero-order chi connectivity index (χ0) is 17.1. The van der Waals surface area contributed by atoms with Crippen LogP contribution in [0.15, 0.2) is 29.5 Å². The molecule has 1 unspecified atom stereocenters. The Hall–Kier alpha value is -2.68. The van der Waals surface area contributed by atoms with Gasteiger partial charge < -0.3 is 20.5 Å². The Morgan fingerprint density at radius 3 is 2.83 bits per heavy atom. The Morgan fingerprint density at radius 1 is 1.52 bits per heavy atom. The first kappa shape index (κ1) is 16.7. The van der Waals surface area contributed by atoms with Crippen LogP contribution in [-0.2, 0) is 9.53 Å². The van der Waals surface area contributed by atoms with Crippen molar-refractivity contribution in [3.8, 4) is 5.75 Å². The molecule has 1 aromatic rings. The molecule has 0 radical (unpaired) electrons. The van der Waals surface area contributed by atoms with Gasteiger partial charge in [-0.05, 0) is 38.2 Å². The highest BCUT2D eigenvalue weighted by molar-refractivity contribution is 7.80. The molecule has 1 aromatic carbocycles. The molecule has 0 spiro atoms. The van der Waals surface area contributed by atoms with Crippen molar-refractivity contribution in [2.24, 2.45) is 0 Å². The van der Waals surface area contributed by atoms with Gasteiger partial charge in [-0.25, -0.2) is 4.79 Å². The van der Waals surface area contributed by atoms with Crippen molar-refractivity contribution in [2.45, 2.75) is 19.9 Å². The summed E-state index contributed by atoms with van der Waals surface area (Å²) in [5, 5.41) is 26.8. The number of carbonyl (C=O) groups excluding carboxylic acids is 1. The number of phenolic OH excluding ortho intramolecular Hbond substituents is 1. The lowest BCUT2D eigenvalue weighted by molar-refractivity contribution is -0.385. The van der Waals surface area contributed by atoms with Crippen molar-refractivity contribution >= 4 is 29.0 Å². The SMILES string of the molecule is CCOC(=O)C1=C(C)NC(=S)NC1c1cc(O)ccc1[N+](=O)[O-]. The third-order valence-corrected chi connectivity index (χ3v) is 3.50. The summed E-state index contributed by atoms with van der Waals surface area (Å²) in [6.45, 7) is 3.45. The van der Waals surface area contributed by atoms with Gasteiger partial charge in [0.1, 0.15) is 5.75 Å². The molecule has 0 fully saturated rings. The van der Waals surface area contributed by atoms with Gasteiger partial charge in [0.25, 0.3) is 5.69 Å². The van der Waals surface area contributed by atoms with Crippen molar-refractivity contribution < 1.29 is 19.6 Å². The summed E-state index contributed by atoms with van der Waals surface area (Å²) in [6, 6.07) is 2.73. The van der Waals surface area contributed by atoms with E-state index in [2.05, 4.69) is 10.6 Å². The number of nitro benzene ring substituents is 1. The van der Waals surface area contributed by atoms with Gasteiger partial charge in [-0.3, -0.25) is 10.1 Å². The number of esters is 1. The van der Waals surface area contributed by atoms with E-state index in [0.29, 0.717) is 5.70 Å². The maximum absolute atomic E-state index is 12.2. The normalized spacial score (nSPS) is 17.3. The Balaban J connectivity index is 2.61. The fraction of sp³-hybridized carbons (Fsp3) is 0.286. The number of hydrogen-bond donors (Lipinski definition) is 3. The van der Waals surface area contributed by atoms with Gasteiger partial charge in [0.05, 0.1) is 28.7 Å². The third kappa shape index (κ3) is 3.39. The van der Waals surface area contributed by atoms with Crippen molar-refractivity contribution in [1.82, 2.24) is 10.6 Å². The highest BCUT2D eigenvalue weighted by Gasteiger charge is 2.35. The molecule has 0 aromatic heterocycles. The first-order valence-corrected chi connectivity index (χ1v) is 7.18. The summed E-state index contributed by atoms with van der Waals surface area (Å²) in [4.78, 5) is 22.9. The second-order valence-corrected chi connectivity index (χ2v) is 5.20. The first-order valence-electron chi connectivity index (χ1n) is 6.77. The van der Waals surface area contributed by atoms with Crippen LogP contribution in [0.5, 0.6) is 5.75 Å². The average molecular weight is 337 g/mol. The van der Waals surface area contributed by atoms with E-state index in [1.165, 1.54) is 18.2 Å². The number of carbonyl (C=O) groups is 1. The second-order valence-electron chi connectivity index (χ2n) is 4.79. The van der Waals surface area contributed by atoms with E-state index in [-0.39, 0.29) is 34.3 Å². The lowest BCUT2D eigenvalue weighted by atomic mass is 9.94. The fourth-order valence-electron chi connectivity index (χ4n) is 2.35. The van der Waals surface area contributed by atoms with Gasteiger partial charge in [-0.2, -0.15) is 0 Å². The third-order valence-electron chi connectivity index (χ3n) is 3.28. The number of allylic oxidation sites excluding steroid dienone is 1. The average Bonchev–Trinajstić information content (AvgIpc) is 2.46. The highest BCUT2D eigenvalue weighted by atomic mass is 32.1. The number of rotatable bonds is 4. The Bertz CT molecular complexity index is 716. The van der Waals surface area contributed by atoms with E-state index in [4.69, 9.17) is 17.0 Å². The molecule has 1 atom stereocenters. The predicted molar refractivity (Wildman–Crippen MR) is 85.7 cm³/mol. The summed E-state index contributed by atoms with van der Waals surface area (Å²) < 4.78 is 5.02. The minimum absolute atomic E-state index is 0.126. The summed E-state index contributed by atoms with van der Waals surface area (Å²) in [6.07, 6.45) is 0. The number of nitrogens with zero attached hydrogens (tertiary/aromatic N) is 1. The van der Waals surface area contributed by atoms with Crippen molar-refractivity contribution in [2.75, 3.05) is 6.61 Å². The van der Waals surface area contributed by atoms with Gasteiger partial charge in [0.15, 0.2) is 5.11 Å². The number of thiocarbonyl (C=S) groups is 1. The van der Waals surface area contributed by atoms with E-state index in [1.807, 2.05) is 0 Å². The number of ether oxygens (including phenoxy) is 1. The van der Waals surface area contributed by atoms with Gasteiger partial charge in [-0.1, -0.05) is 0 Å². The number of nitrogens with one attached hydrogen (secondary N) is 2. The minimum Gasteiger partial charge on any atom is -0.508 e. The molecule has 3 N–H and O–H groups in total. The predicted octanol–water partition coefficient (Wildman–Crippen LogP) is 1.66. The summed E-state index contributed by atoms with van der Waals surface area (Å²) in [5.41, 5.74) is 0.504. The lowest BCUT2D eigenvalue weighted by Crippen LogP contribution is -2.45. The number of hydrogen-bond acceptors (Lipinski definition) is 6. The molecule has 0 bridgehead atoms. The molecule has 9 heteroatoms. The molecule has 0 saturated carbocycles. The first-order chi connectivity index (χ1) is 10.8. The molecule has 1 heterocycles. The van der Waals surface area contributed by atoms with Crippen LogP contribution in [0.1, 0.15) is 25.5 Å². The van der Waals surface area contributed by atoms with E-state index < -0.39 is 16.9 Å². The summed E-state index contributed by atoms with van der Waals surface area (Å²) in [5.74, 6) is -0.771. The van der Waals surface area contributed by atoms with Gasteiger partial charge in [-0.15, -0.1) is 0 Å². The minimum atomic E-state index is -0.893. The summed E-state index contributed by atoms with van der Waals surface area (Å²) >= 11 is 5.06. The number of aromatic hydroxyl groups is 1. The molecule has 23 heavy (non-hydrogen) atoms. The van der Waals surface area contributed by atoms with E-state index >= 15 is 0 Å². The largest absolute Gasteiger partial charge is 0.508 e. The van der Waals surface area contributed by atoms with E-state index in [1.54, 1.807) is 13.8 Å². The molecule has 122 valence electrons. The molecule has 0 amide bonds. The fourth-order valence-corrected chi connectivity index (χ4v) is 2.62. The van der Waals surface area contributed by atoms with Crippen LogP contribution >= 0.6 is 12.2 Å². The van der Waals surface area contributed by atoms with Crippen LogP contribution in [0.25, 0.3) is 0 Å². The summed E-state index contributed by atoms with van der Waals surface area (Å²) in [7, 11) is 0. The monoisotopic (exact) mass is 337 g/mol. The van der Waals surface area contributed by atoms with Crippen LogP contribution in [0.4, 0.5) is 5.69 Å². The maximum Gasteiger partial charge on any atom is 0.338 e. The van der Waals surface area contributed by atoms with Gasteiger partial charge >= 0.3 is 5.97 Å². The quantitative estimate of drug-likeness (QED) is 0.329. The molecular formula is C14H15N3O5S. The molecule has 0 aliphatic carbocycles. The molecule has 2 rings (SSSR count). The molecule has 0 saturated heterocycles. The molecule has 1 aliphatic heterocycles. The lowest BCUT2D eigenvalue weighted by Gasteiger charge is -2.29. The zero-order valence-electron chi connectivity index (χ0n) is 12.5. The second kappa shape index (κ2) is 6.61. The Morgan fingerprint density at radius 2 is 2.22 bits per heavy atom. The van der Waals surface area contributed by atoms with Crippen LogP contribution in [0.2, 0.25) is 0 Å². The van der Waals surface area contributed by atoms with Crippen molar-refractivity contribution in [3.63, 3.8) is 0 Å². The number of phenols is 1. The maximum atomic E-state index is 12.2. The van der Waals surface area contributed by atoms with Crippen LogP contribution in [-0.4, -0.2) is 27.7 Å². The Labute approximate surface area is 137 Å². The van der Waals surface area contributed by atoms with Crippen LogP contribution in [0.3, 0.4) is 0 Å². The topological polar surface area (TPSA) is 114 Å². The number of benzene rings is 1. The highest BCUT2D eigenvalue weighted by Crippen LogP contribution is 2.35. The van der Waals surface area contributed by atoms with Gasteiger partial charge in [0.2, 0.25) is 0 Å². The smallest absolute Gasteiger partial charge is 0.338 e. The Kier molecular flexibility index (Phi) is 4.80. The van der Waals surface area contributed by atoms with E-state index in [0.717, 1.165) is 0 Å². The molecule has 8 nitrogen and oxygen atoms in total.